The number of nitrogens with one attached hydrogen (secondary N) is 1. The number of aromatic nitrogens is 1. The third-order valence-corrected chi connectivity index (χ3v) is 7.30. The molecular formula is C19H31N5O2S. The molecule has 3 unspecified atom stereocenters. The summed E-state index contributed by atoms with van der Waals surface area (Å²) in [7, 11) is 2.18. The highest BCUT2D eigenvalue weighted by Gasteiger charge is 2.35. The highest BCUT2D eigenvalue weighted by Crippen LogP contribution is 2.40. The van der Waals surface area contributed by atoms with Crippen LogP contribution in [0.4, 0.5) is 0 Å². The number of nitrogens with zero attached hydrogens (tertiary/aromatic N) is 4. The fourth-order valence-corrected chi connectivity index (χ4v) is 5.01. The van der Waals surface area contributed by atoms with Gasteiger partial charge in [0.15, 0.2) is 5.69 Å². The van der Waals surface area contributed by atoms with E-state index in [2.05, 4.69) is 44.9 Å². The number of carbonyl (C=O) groups is 1. The lowest BCUT2D eigenvalue weighted by molar-refractivity contribution is 0.0872. The number of rotatable bonds is 5. The third kappa shape index (κ3) is 4.67. The zero-order chi connectivity index (χ0) is 19.0. The Morgan fingerprint density at radius 2 is 2.00 bits per heavy atom. The van der Waals surface area contributed by atoms with Crippen molar-refractivity contribution in [3.8, 4) is 0 Å². The first-order valence-electron chi connectivity index (χ1n) is 10.2. The average molecular weight is 394 g/mol. The fraction of sp³-hybridized carbons (Fsp3) is 0.789. The molecule has 2 saturated heterocycles. The molecule has 1 saturated carbocycles. The van der Waals surface area contributed by atoms with E-state index in [1.54, 1.807) is 0 Å². The van der Waals surface area contributed by atoms with Crippen LogP contribution in [0.25, 0.3) is 0 Å². The molecular weight excluding hydrogens is 362 g/mol. The molecule has 1 amide bonds. The number of hydrogen-bond donors (Lipinski definition) is 1. The van der Waals surface area contributed by atoms with Gasteiger partial charge < -0.3 is 14.7 Å². The lowest BCUT2D eigenvalue weighted by Gasteiger charge is -2.43. The van der Waals surface area contributed by atoms with Crippen LogP contribution in [-0.4, -0.2) is 76.4 Å². The third-order valence-electron chi connectivity index (χ3n) is 5.98. The highest BCUT2D eigenvalue weighted by atomic mass is 32.2. The average Bonchev–Trinajstić information content (AvgIpc) is 3.37. The van der Waals surface area contributed by atoms with E-state index in [4.69, 9.17) is 4.52 Å². The quantitative estimate of drug-likeness (QED) is 0.769. The molecule has 3 aliphatic rings. The lowest BCUT2D eigenvalue weighted by Crippen LogP contribution is -2.53. The Bertz CT molecular complexity index is 656. The molecule has 27 heavy (non-hydrogen) atoms. The van der Waals surface area contributed by atoms with Crippen LogP contribution in [0.1, 0.15) is 55.3 Å². The Hall–Kier alpha value is -1.09. The van der Waals surface area contributed by atoms with Crippen molar-refractivity contribution in [1.29, 1.82) is 0 Å². The number of carbonyl (C=O) groups excluding carboxylic acids is 1. The molecule has 0 aromatic carbocycles. The second-order valence-corrected chi connectivity index (χ2v) is 9.59. The van der Waals surface area contributed by atoms with E-state index in [1.807, 2.05) is 18.2 Å². The molecule has 1 aromatic rings. The number of piperidine rings is 1. The van der Waals surface area contributed by atoms with Gasteiger partial charge in [0.05, 0.1) is 0 Å². The van der Waals surface area contributed by atoms with Crippen LogP contribution < -0.4 is 5.32 Å². The maximum Gasteiger partial charge on any atom is 0.273 e. The number of hydrogen-bond acceptors (Lipinski definition) is 7. The molecule has 0 bridgehead atoms. The minimum atomic E-state index is -0.102. The number of likely N-dealkylation sites (N-methyl/N-ethyl adjacent to an activating group) is 1. The molecule has 0 spiro atoms. The van der Waals surface area contributed by atoms with Gasteiger partial charge in [-0.25, -0.2) is 8.61 Å². The predicted octanol–water partition coefficient (Wildman–Crippen LogP) is 2.19. The first-order valence-corrected chi connectivity index (χ1v) is 10.9. The van der Waals surface area contributed by atoms with Crippen molar-refractivity contribution in [3.63, 3.8) is 0 Å². The van der Waals surface area contributed by atoms with E-state index in [9.17, 15) is 4.79 Å². The van der Waals surface area contributed by atoms with E-state index in [-0.39, 0.29) is 11.9 Å². The molecule has 1 N–H and O–H groups in total. The van der Waals surface area contributed by atoms with Crippen molar-refractivity contribution in [2.75, 3.05) is 39.8 Å². The van der Waals surface area contributed by atoms with Gasteiger partial charge in [0.2, 0.25) is 0 Å². The standard InChI is InChI=1S/C19H31N5O2S/c1-13-12-24(27-23-8-6-22(3)7-9-23)14(2)10-16(13)20-19(25)17-11-18(26-21-17)15-4-5-15/h11,13-16H,4-10,12H2,1-3H3,(H,20,25). The normalized spacial score (nSPS) is 31.1. The van der Waals surface area contributed by atoms with E-state index in [0.29, 0.717) is 23.6 Å². The number of amides is 1. The van der Waals surface area contributed by atoms with Crippen LogP contribution in [0.5, 0.6) is 0 Å². The van der Waals surface area contributed by atoms with Crippen molar-refractivity contribution >= 4 is 18.0 Å². The molecule has 7 nitrogen and oxygen atoms in total. The van der Waals surface area contributed by atoms with Crippen LogP contribution in [0.2, 0.25) is 0 Å². The van der Waals surface area contributed by atoms with Crippen LogP contribution in [-0.2, 0) is 0 Å². The molecule has 8 heteroatoms. The molecule has 1 aliphatic carbocycles. The van der Waals surface area contributed by atoms with Crippen molar-refractivity contribution < 1.29 is 9.32 Å². The summed E-state index contributed by atoms with van der Waals surface area (Å²) in [4.78, 5) is 15.0. The summed E-state index contributed by atoms with van der Waals surface area (Å²) in [6.07, 6.45) is 3.25. The van der Waals surface area contributed by atoms with E-state index in [1.165, 1.54) is 0 Å². The molecule has 1 aromatic heterocycles. The summed E-state index contributed by atoms with van der Waals surface area (Å²) in [5.41, 5.74) is 0.422. The van der Waals surface area contributed by atoms with Gasteiger partial charge in [-0.15, -0.1) is 0 Å². The minimum absolute atomic E-state index is 0.102. The van der Waals surface area contributed by atoms with Gasteiger partial charge >= 0.3 is 0 Å². The summed E-state index contributed by atoms with van der Waals surface area (Å²) in [6, 6.07) is 2.42. The summed E-state index contributed by atoms with van der Waals surface area (Å²) in [5.74, 6) is 1.64. The summed E-state index contributed by atoms with van der Waals surface area (Å²) < 4.78 is 10.3. The fourth-order valence-electron chi connectivity index (χ4n) is 3.84. The van der Waals surface area contributed by atoms with Gasteiger partial charge in [-0.1, -0.05) is 12.1 Å². The smallest absolute Gasteiger partial charge is 0.273 e. The van der Waals surface area contributed by atoms with Gasteiger partial charge in [0.1, 0.15) is 5.76 Å². The van der Waals surface area contributed by atoms with E-state index >= 15 is 0 Å². The Kier molecular flexibility index (Phi) is 5.78. The molecule has 2 aliphatic heterocycles. The van der Waals surface area contributed by atoms with Gasteiger partial charge in [-0.3, -0.25) is 4.79 Å². The molecule has 3 atom stereocenters. The van der Waals surface area contributed by atoms with Crippen LogP contribution in [0.15, 0.2) is 10.6 Å². The Labute approximate surface area is 166 Å². The van der Waals surface area contributed by atoms with Crippen LogP contribution in [0.3, 0.4) is 0 Å². The van der Waals surface area contributed by atoms with Crippen molar-refractivity contribution in [2.24, 2.45) is 5.92 Å². The maximum absolute atomic E-state index is 12.6. The van der Waals surface area contributed by atoms with Gasteiger partial charge in [-0.05, 0) is 39.2 Å². The summed E-state index contributed by atoms with van der Waals surface area (Å²) >= 11 is 1.89. The highest BCUT2D eigenvalue weighted by molar-refractivity contribution is 7.94. The van der Waals surface area contributed by atoms with Gasteiger partial charge in [-0.2, -0.15) is 0 Å². The first-order chi connectivity index (χ1) is 13.0. The molecule has 3 heterocycles. The van der Waals surface area contributed by atoms with E-state index in [0.717, 1.165) is 57.7 Å². The van der Waals surface area contributed by atoms with Crippen molar-refractivity contribution in [3.05, 3.63) is 17.5 Å². The monoisotopic (exact) mass is 393 g/mol. The zero-order valence-electron chi connectivity index (χ0n) is 16.6. The van der Waals surface area contributed by atoms with E-state index < -0.39 is 0 Å². The minimum Gasteiger partial charge on any atom is -0.360 e. The second kappa shape index (κ2) is 8.11. The van der Waals surface area contributed by atoms with Crippen LogP contribution >= 0.6 is 12.1 Å². The molecule has 3 fully saturated rings. The van der Waals surface area contributed by atoms with Crippen LogP contribution in [0, 0.1) is 5.92 Å². The van der Waals surface area contributed by atoms with Crippen molar-refractivity contribution in [1.82, 2.24) is 24.0 Å². The number of piperazine rings is 1. The largest absolute Gasteiger partial charge is 0.360 e. The molecule has 0 radical (unpaired) electrons. The van der Waals surface area contributed by atoms with Crippen molar-refractivity contribution in [2.45, 2.75) is 51.1 Å². The SMILES string of the molecule is CC1CN(SN2CCN(C)CC2)C(C)CC1NC(=O)c1cc(C2CC2)on1. The topological polar surface area (TPSA) is 64.8 Å². The summed E-state index contributed by atoms with van der Waals surface area (Å²) in [5, 5.41) is 7.17. The summed E-state index contributed by atoms with van der Waals surface area (Å²) in [6.45, 7) is 9.94. The Morgan fingerprint density at radius 1 is 1.26 bits per heavy atom. The maximum atomic E-state index is 12.6. The first kappa shape index (κ1) is 19.2. The predicted molar refractivity (Wildman–Crippen MR) is 106 cm³/mol. The molecule has 4 rings (SSSR count). The zero-order valence-corrected chi connectivity index (χ0v) is 17.4. The van der Waals surface area contributed by atoms with Gasteiger partial charge in [0.25, 0.3) is 5.91 Å². The molecule has 150 valence electrons. The lowest BCUT2D eigenvalue weighted by atomic mass is 9.91. The Morgan fingerprint density at radius 3 is 2.70 bits per heavy atom. The Balaban J connectivity index is 1.29. The van der Waals surface area contributed by atoms with Gasteiger partial charge in [0, 0.05) is 68.9 Å². The second-order valence-electron chi connectivity index (χ2n) is 8.44.